The standard InChI is InChI=1S/C54H34N4/c1-4-16-35(17-5-1)48-34-49(36-18-6-2-7-19-36)56-54(55-48)58-51-27-15-13-24-42(51)46-30-37(28-29-52(46)58)44-31-38-32-47-43-25-12-14-26-50(43)57(39-20-8-3-9-21-39)53(47)33-45(38)41-23-11-10-22-40(41)44/h1-34H. The van der Waals surface area contributed by atoms with Crippen molar-refractivity contribution < 1.29 is 0 Å². The summed E-state index contributed by atoms with van der Waals surface area (Å²) in [7, 11) is 0. The molecule has 4 nitrogen and oxygen atoms in total. The summed E-state index contributed by atoms with van der Waals surface area (Å²) in [5.74, 6) is 0.647. The van der Waals surface area contributed by atoms with Gasteiger partial charge in [-0.2, -0.15) is 0 Å². The maximum absolute atomic E-state index is 5.25. The third-order valence-electron chi connectivity index (χ3n) is 11.7. The Morgan fingerprint density at radius 3 is 1.47 bits per heavy atom. The first-order valence-corrected chi connectivity index (χ1v) is 19.7. The molecule has 12 rings (SSSR count). The number of nitrogens with zero attached hydrogens (tertiary/aromatic N) is 4. The summed E-state index contributed by atoms with van der Waals surface area (Å²) < 4.78 is 4.63. The zero-order valence-corrected chi connectivity index (χ0v) is 31.4. The van der Waals surface area contributed by atoms with Crippen LogP contribution in [0.3, 0.4) is 0 Å². The van der Waals surface area contributed by atoms with Gasteiger partial charge in [-0.1, -0.05) is 146 Å². The highest BCUT2D eigenvalue weighted by molar-refractivity contribution is 6.21. The molecule has 0 aliphatic rings. The molecule has 0 bridgehead atoms. The van der Waals surface area contributed by atoms with Crippen molar-refractivity contribution in [3.63, 3.8) is 0 Å². The summed E-state index contributed by atoms with van der Waals surface area (Å²) in [4.78, 5) is 10.5. The van der Waals surface area contributed by atoms with Gasteiger partial charge < -0.3 is 4.57 Å². The molecule has 4 heteroatoms. The molecule has 58 heavy (non-hydrogen) atoms. The lowest BCUT2D eigenvalue weighted by Gasteiger charge is -2.14. The van der Waals surface area contributed by atoms with E-state index in [2.05, 4.69) is 203 Å². The molecule has 3 heterocycles. The highest BCUT2D eigenvalue weighted by atomic mass is 15.2. The molecule has 0 unspecified atom stereocenters. The second-order valence-electron chi connectivity index (χ2n) is 15.0. The van der Waals surface area contributed by atoms with E-state index in [0.29, 0.717) is 5.95 Å². The van der Waals surface area contributed by atoms with Crippen molar-refractivity contribution >= 4 is 65.2 Å². The molecule has 9 aromatic carbocycles. The van der Waals surface area contributed by atoms with Gasteiger partial charge in [0.25, 0.3) is 0 Å². The van der Waals surface area contributed by atoms with Gasteiger partial charge >= 0.3 is 0 Å². The minimum atomic E-state index is 0.647. The Balaban J connectivity index is 1.09. The average molecular weight is 739 g/mol. The molecule has 0 spiro atoms. The number of benzene rings is 9. The summed E-state index contributed by atoms with van der Waals surface area (Å²) in [5.41, 5.74) is 12.0. The van der Waals surface area contributed by atoms with E-state index in [0.717, 1.165) is 50.0 Å². The third kappa shape index (κ3) is 5.02. The van der Waals surface area contributed by atoms with Gasteiger partial charge in [-0.05, 0) is 93.3 Å². The van der Waals surface area contributed by atoms with Crippen molar-refractivity contribution in [1.29, 1.82) is 0 Å². The molecule has 0 radical (unpaired) electrons. The van der Waals surface area contributed by atoms with Crippen LogP contribution in [-0.4, -0.2) is 19.1 Å². The molecule has 0 N–H and O–H groups in total. The van der Waals surface area contributed by atoms with Crippen LogP contribution >= 0.6 is 0 Å². The van der Waals surface area contributed by atoms with Gasteiger partial charge in [0.2, 0.25) is 5.95 Å². The molecule has 0 aliphatic heterocycles. The molecule has 0 saturated carbocycles. The number of hydrogen-bond acceptors (Lipinski definition) is 2. The quantitative estimate of drug-likeness (QED) is 0.165. The van der Waals surface area contributed by atoms with Crippen LogP contribution in [0.25, 0.3) is 110 Å². The van der Waals surface area contributed by atoms with Crippen LogP contribution in [-0.2, 0) is 0 Å². The van der Waals surface area contributed by atoms with Crippen LogP contribution in [0.1, 0.15) is 0 Å². The Labute approximate surface area is 334 Å². The van der Waals surface area contributed by atoms with E-state index in [1.807, 2.05) is 12.1 Å². The smallest absolute Gasteiger partial charge is 0.235 e. The Kier molecular flexibility index (Phi) is 7.20. The first kappa shape index (κ1) is 32.4. The van der Waals surface area contributed by atoms with Crippen molar-refractivity contribution in [3.8, 4) is 45.3 Å². The monoisotopic (exact) mass is 738 g/mol. The molecule has 270 valence electrons. The fourth-order valence-electron chi connectivity index (χ4n) is 9.07. The van der Waals surface area contributed by atoms with Gasteiger partial charge in [-0.3, -0.25) is 4.57 Å². The largest absolute Gasteiger partial charge is 0.309 e. The summed E-state index contributed by atoms with van der Waals surface area (Å²) in [5, 5.41) is 9.76. The molecule has 12 aromatic rings. The number of rotatable bonds is 5. The van der Waals surface area contributed by atoms with E-state index in [-0.39, 0.29) is 0 Å². The second-order valence-corrected chi connectivity index (χ2v) is 15.0. The Morgan fingerprint density at radius 2 is 0.810 bits per heavy atom. The Hall–Kier alpha value is -7.82. The average Bonchev–Trinajstić information content (AvgIpc) is 3.81. The van der Waals surface area contributed by atoms with Gasteiger partial charge in [0.15, 0.2) is 0 Å². The van der Waals surface area contributed by atoms with E-state index in [1.165, 1.54) is 54.5 Å². The van der Waals surface area contributed by atoms with Gasteiger partial charge in [-0.25, -0.2) is 9.97 Å². The molecule has 0 fully saturated rings. The molecular weight excluding hydrogens is 705 g/mol. The zero-order chi connectivity index (χ0) is 38.2. The van der Waals surface area contributed by atoms with Gasteiger partial charge in [0.1, 0.15) is 0 Å². The van der Waals surface area contributed by atoms with Gasteiger partial charge in [0, 0.05) is 38.4 Å². The summed E-state index contributed by atoms with van der Waals surface area (Å²) in [6, 6.07) is 73.8. The molecule has 0 amide bonds. The molecule has 0 saturated heterocycles. The Bertz CT molecular complexity index is 3490. The first-order valence-electron chi connectivity index (χ1n) is 19.7. The highest BCUT2D eigenvalue weighted by Crippen LogP contribution is 2.42. The molecule has 3 aromatic heterocycles. The summed E-state index contributed by atoms with van der Waals surface area (Å²) in [6.07, 6.45) is 0. The maximum atomic E-state index is 5.25. The highest BCUT2D eigenvalue weighted by Gasteiger charge is 2.20. The van der Waals surface area contributed by atoms with Crippen LogP contribution in [0.4, 0.5) is 0 Å². The van der Waals surface area contributed by atoms with Crippen LogP contribution in [0.2, 0.25) is 0 Å². The Morgan fingerprint density at radius 1 is 0.293 bits per heavy atom. The van der Waals surface area contributed by atoms with Crippen LogP contribution in [0.15, 0.2) is 206 Å². The maximum Gasteiger partial charge on any atom is 0.235 e. The summed E-state index contributed by atoms with van der Waals surface area (Å²) in [6.45, 7) is 0. The van der Waals surface area contributed by atoms with Crippen molar-refractivity contribution in [2.24, 2.45) is 0 Å². The minimum absolute atomic E-state index is 0.647. The fraction of sp³-hybridized carbons (Fsp3) is 0. The predicted octanol–water partition coefficient (Wildman–Crippen LogP) is 14.0. The fourth-order valence-corrected chi connectivity index (χ4v) is 9.07. The normalized spacial score (nSPS) is 11.8. The van der Waals surface area contributed by atoms with E-state index in [4.69, 9.17) is 9.97 Å². The van der Waals surface area contributed by atoms with E-state index in [9.17, 15) is 0 Å². The zero-order valence-electron chi connectivity index (χ0n) is 31.4. The molecule has 0 atom stereocenters. The van der Waals surface area contributed by atoms with E-state index >= 15 is 0 Å². The van der Waals surface area contributed by atoms with Crippen LogP contribution in [0.5, 0.6) is 0 Å². The topological polar surface area (TPSA) is 35.6 Å². The number of hydrogen-bond donors (Lipinski definition) is 0. The van der Waals surface area contributed by atoms with Crippen molar-refractivity contribution in [2.75, 3.05) is 0 Å². The molecular formula is C54H34N4. The van der Waals surface area contributed by atoms with Crippen LogP contribution < -0.4 is 0 Å². The SMILES string of the molecule is c1ccc(-c2cc(-c3ccccc3)nc(-n3c4ccccc4c4cc(-c5cc6cc7c8ccccc8n(-c8ccccc8)c7cc6c6ccccc56)ccc43)n2)cc1. The minimum Gasteiger partial charge on any atom is -0.309 e. The van der Waals surface area contributed by atoms with Crippen molar-refractivity contribution in [1.82, 2.24) is 19.1 Å². The van der Waals surface area contributed by atoms with E-state index in [1.54, 1.807) is 0 Å². The number of aromatic nitrogens is 4. The molecule has 0 aliphatic carbocycles. The third-order valence-corrected chi connectivity index (χ3v) is 11.7. The summed E-state index contributed by atoms with van der Waals surface area (Å²) >= 11 is 0. The van der Waals surface area contributed by atoms with E-state index < -0.39 is 0 Å². The number of fused-ring (bicyclic) bond motifs is 9. The number of para-hydroxylation sites is 3. The van der Waals surface area contributed by atoms with Gasteiger partial charge in [-0.15, -0.1) is 0 Å². The van der Waals surface area contributed by atoms with Crippen molar-refractivity contribution in [2.45, 2.75) is 0 Å². The van der Waals surface area contributed by atoms with Crippen LogP contribution in [0, 0.1) is 0 Å². The lowest BCUT2D eigenvalue weighted by Crippen LogP contribution is -2.04. The second kappa shape index (κ2) is 12.9. The lowest BCUT2D eigenvalue weighted by molar-refractivity contribution is 0.995. The van der Waals surface area contributed by atoms with Gasteiger partial charge in [0.05, 0.1) is 33.5 Å². The predicted molar refractivity (Wildman–Crippen MR) is 242 cm³/mol. The first-order chi connectivity index (χ1) is 28.8. The van der Waals surface area contributed by atoms with Crippen molar-refractivity contribution in [3.05, 3.63) is 206 Å². The lowest BCUT2D eigenvalue weighted by atomic mass is 9.92.